The van der Waals surface area contributed by atoms with Crippen molar-refractivity contribution < 1.29 is 14.3 Å². The van der Waals surface area contributed by atoms with Crippen LogP contribution in [0.15, 0.2) is 27.4 Å². The zero-order chi connectivity index (χ0) is 14.9. The number of aromatic amines is 1. The lowest BCUT2D eigenvalue weighted by atomic mass is 9.77. The number of benzene rings is 1. The van der Waals surface area contributed by atoms with Gasteiger partial charge in [-0.05, 0) is 48.8 Å². The van der Waals surface area contributed by atoms with Gasteiger partial charge in [0.1, 0.15) is 0 Å². The van der Waals surface area contributed by atoms with E-state index in [4.69, 9.17) is 9.52 Å². The van der Waals surface area contributed by atoms with Crippen LogP contribution in [0.5, 0.6) is 0 Å². The first-order chi connectivity index (χ1) is 10.1. The summed E-state index contributed by atoms with van der Waals surface area (Å²) in [6.45, 7) is 0. The third kappa shape index (κ3) is 3.01. The largest absolute Gasteiger partial charge is 0.481 e. The van der Waals surface area contributed by atoms with E-state index in [0.29, 0.717) is 11.1 Å². The highest BCUT2D eigenvalue weighted by Crippen LogP contribution is 2.44. The van der Waals surface area contributed by atoms with Gasteiger partial charge in [0, 0.05) is 0 Å². The molecule has 0 amide bonds. The SMILES string of the molecule is O=C(O)CC1(CCc2ccc3[nH]c(=O)oc3c2)CCCC1. The third-order valence-corrected chi connectivity index (χ3v) is 4.62. The zero-order valence-electron chi connectivity index (χ0n) is 11.9. The van der Waals surface area contributed by atoms with Crippen molar-refractivity contribution in [2.75, 3.05) is 0 Å². The Morgan fingerprint density at radius 1 is 1.33 bits per heavy atom. The fraction of sp³-hybridized carbons (Fsp3) is 0.500. The minimum Gasteiger partial charge on any atom is -0.481 e. The van der Waals surface area contributed by atoms with Gasteiger partial charge in [0.15, 0.2) is 5.58 Å². The number of carbonyl (C=O) groups is 1. The minimum absolute atomic E-state index is 0.0558. The summed E-state index contributed by atoms with van der Waals surface area (Å²) in [4.78, 5) is 24.9. The number of oxazole rings is 1. The number of H-pyrrole nitrogens is 1. The minimum atomic E-state index is -0.705. The second kappa shape index (κ2) is 5.39. The number of rotatable bonds is 5. The summed E-state index contributed by atoms with van der Waals surface area (Å²) in [5, 5.41) is 9.13. The molecule has 1 saturated carbocycles. The van der Waals surface area contributed by atoms with Crippen molar-refractivity contribution in [1.29, 1.82) is 0 Å². The average Bonchev–Trinajstić information content (AvgIpc) is 3.01. The van der Waals surface area contributed by atoms with Gasteiger partial charge in [-0.1, -0.05) is 18.9 Å². The number of fused-ring (bicyclic) bond motifs is 1. The molecule has 2 aromatic rings. The number of carboxylic acid groups (broad SMARTS) is 1. The van der Waals surface area contributed by atoms with Gasteiger partial charge >= 0.3 is 11.7 Å². The molecular formula is C16H19NO4. The molecule has 1 heterocycles. The molecule has 0 saturated heterocycles. The topological polar surface area (TPSA) is 83.3 Å². The van der Waals surface area contributed by atoms with Crippen LogP contribution in [-0.2, 0) is 11.2 Å². The standard InChI is InChI=1S/C16H19NO4/c18-14(19)10-16(6-1-2-7-16)8-5-11-3-4-12-13(9-11)21-15(20)17-12/h3-4,9H,1-2,5-8,10H2,(H,17,20)(H,18,19). The Balaban J connectivity index is 1.74. The lowest BCUT2D eigenvalue weighted by molar-refractivity contribution is -0.139. The molecule has 0 atom stereocenters. The van der Waals surface area contributed by atoms with Crippen molar-refractivity contribution in [1.82, 2.24) is 4.98 Å². The van der Waals surface area contributed by atoms with Crippen LogP contribution >= 0.6 is 0 Å². The van der Waals surface area contributed by atoms with Crippen molar-refractivity contribution >= 4 is 17.1 Å². The Morgan fingerprint density at radius 2 is 2.10 bits per heavy atom. The lowest BCUT2D eigenvalue weighted by Gasteiger charge is -2.27. The smallest absolute Gasteiger partial charge is 0.417 e. The fourth-order valence-corrected chi connectivity index (χ4v) is 3.52. The van der Waals surface area contributed by atoms with Crippen LogP contribution in [0.3, 0.4) is 0 Å². The summed E-state index contributed by atoms with van der Waals surface area (Å²) in [7, 11) is 0. The maximum atomic E-state index is 11.2. The highest BCUT2D eigenvalue weighted by molar-refractivity contribution is 5.72. The number of hydrogen-bond donors (Lipinski definition) is 2. The lowest BCUT2D eigenvalue weighted by Crippen LogP contribution is -2.21. The molecule has 2 N–H and O–H groups in total. The number of aryl methyl sites for hydroxylation is 1. The highest BCUT2D eigenvalue weighted by Gasteiger charge is 2.35. The first-order valence-corrected chi connectivity index (χ1v) is 7.40. The van der Waals surface area contributed by atoms with Gasteiger partial charge in [-0.15, -0.1) is 0 Å². The predicted molar refractivity (Wildman–Crippen MR) is 78.3 cm³/mol. The van der Waals surface area contributed by atoms with Crippen LogP contribution in [0.1, 0.15) is 44.1 Å². The summed E-state index contributed by atoms with van der Waals surface area (Å²) in [6.07, 6.45) is 6.20. The van der Waals surface area contributed by atoms with E-state index in [-0.39, 0.29) is 11.8 Å². The second-order valence-corrected chi connectivity index (χ2v) is 6.12. The molecule has 0 radical (unpaired) electrons. The van der Waals surface area contributed by atoms with Gasteiger partial charge < -0.3 is 9.52 Å². The summed E-state index contributed by atoms with van der Waals surface area (Å²) in [6, 6.07) is 5.68. The molecule has 1 aromatic carbocycles. The number of nitrogens with one attached hydrogen (secondary N) is 1. The van der Waals surface area contributed by atoms with Crippen LogP contribution in [0.2, 0.25) is 0 Å². The van der Waals surface area contributed by atoms with E-state index in [0.717, 1.165) is 44.1 Å². The molecule has 0 spiro atoms. The molecule has 1 aliphatic carbocycles. The highest BCUT2D eigenvalue weighted by atomic mass is 16.4. The van der Waals surface area contributed by atoms with E-state index in [1.165, 1.54) is 0 Å². The van der Waals surface area contributed by atoms with Crippen molar-refractivity contribution in [3.63, 3.8) is 0 Å². The molecule has 112 valence electrons. The number of carboxylic acids is 1. The van der Waals surface area contributed by atoms with Gasteiger partial charge in [0.05, 0.1) is 11.9 Å². The van der Waals surface area contributed by atoms with E-state index in [9.17, 15) is 9.59 Å². The van der Waals surface area contributed by atoms with Crippen LogP contribution in [0.25, 0.3) is 11.1 Å². The molecular weight excluding hydrogens is 270 g/mol. The average molecular weight is 289 g/mol. The molecule has 0 bridgehead atoms. The predicted octanol–water partition coefficient (Wildman–Crippen LogP) is 3.09. The van der Waals surface area contributed by atoms with E-state index in [2.05, 4.69) is 4.98 Å². The molecule has 3 rings (SSSR count). The van der Waals surface area contributed by atoms with Gasteiger partial charge in [-0.25, -0.2) is 4.79 Å². The Labute approximate surface area is 122 Å². The monoisotopic (exact) mass is 289 g/mol. The van der Waals surface area contributed by atoms with Gasteiger partial charge in [0.25, 0.3) is 0 Å². The molecule has 21 heavy (non-hydrogen) atoms. The van der Waals surface area contributed by atoms with E-state index in [1.807, 2.05) is 18.2 Å². The Morgan fingerprint density at radius 3 is 2.81 bits per heavy atom. The van der Waals surface area contributed by atoms with Gasteiger partial charge in [-0.2, -0.15) is 0 Å². The quantitative estimate of drug-likeness (QED) is 0.886. The van der Waals surface area contributed by atoms with Crippen LogP contribution < -0.4 is 5.76 Å². The molecule has 1 aromatic heterocycles. The maximum Gasteiger partial charge on any atom is 0.417 e. The van der Waals surface area contributed by atoms with Crippen molar-refractivity contribution in [2.24, 2.45) is 5.41 Å². The number of aliphatic carboxylic acids is 1. The normalized spacial score (nSPS) is 17.3. The first kappa shape index (κ1) is 13.9. The Bertz CT molecular complexity index is 706. The van der Waals surface area contributed by atoms with E-state index < -0.39 is 11.7 Å². The Kier molecular flexibility index (Phi) is 3.57. The maximum absolute atomic E-state index is 11.2. The Hall–Kier alpha value is -2.04. The van der Waals surface area contributed by atoms with Crippen LogP contribution in [0, 0.1) is 5.41 Å². The van der Waals surface area contributed by atoms with Crippen molar-refractivity contribution in [3.8, 4) is 0 Å². The fourth-order valence-electron chi connectivity index (χ4n) is 3.52. The summed E-state index contributed by atoms with van der Waals surface area (Å²) in [5.41, 5.74) is 2.29. The summed E-state index contributed by atoms with van der Waals surface area (Å²) >= 11 is 0. The number of hydrogen-bond acceptors (Lipinski definition) is 3. The van der Waals surface area contributed by atoms with Gasteiger partial charge in [0.2, 0.25) is 0 Å². The molecule has 5 heteroatoms. The third-order valence-electron chi connectivity index (χ3n) is 4.62. The van der Waals surface area contributed by atoms with Crippen molar-refractivity contribution in [2.45, 2.75) is 44.9 Å². The summed E-state index contributed by atoms with van der Waals surface area (Å²) in [5.74, 6) is -1.15. The van der Waals surface area contributed by atoms with Crippen molar-refractivity contribution in [3.05, 3.63) is 34.3 Å². The van der Waals surface area contributed by atoms with E-state index >= 15 is 0 Å². The second-order valence-electron chi connectivity index (χ2n) is 6.12. The van der Waals surface area contributed by atoms with Gasteiger partial charge in [-0.3, -0.25) is 9.78 Å². The van der Waals surface area contributed by atoms with Crippen LogP contribution in [-0.4, -0.2) is 16.1 Å². The number of aromatic nitrogens is 1. The molecule has 5 nitrogen and oxygen atoms in total. The molecule has 1 aliphatic rings. The zero-order valence-corrected chi connectivity index (χ0v) is 11.9. The van der Waals surface area contributed by atoms with Crippen LogP contribution in [0.4, 0.5) is 0 Å². The van der Waals surface area contributed by atoms with E-state index in [1.54, 1.807) is 0 Å². The first-order valence-electron chi connectivity index (χ1n) is 7.40. The molecule has 0 unspecified atom stereocenters. The molecule has 1 fully saturated rings. The molecule has 0 aliphatic heterocycles. The summed E-state index contributed by atoms with van der Waals surface area (Å²) < 4.78 is 5.06.